The zero-order valence-corrected chi connectivity index (χ0v) is 10.7. The van der Waals surface area contributed by atoms with Crippen molar-refractivity contribution in [1.29, 1.82) is 0 Å². The summed E-state index contributed by atoms with van der Waals surface area (Å²) in [5, 5.41) is 4.98. The van der Waals surface area contributed by atoms with E-state index in [2.05, 4.69) is 10.1 Å². The van der Waals surface area contributed by atoms with Crippen LogP contribution in [0, 0.1) is 6.92 Å². The average molecular weight is 251 g/mol. The van der Waals surface area contributed by atoms with Gasteiger partial charge in [0, 0.05) is 18.3 Å². The fraction of sp³-hybridized carbons (Fsp3) is 0.364. The molecule has 0 saturated carbocycles. The summed E-state index contributed by atoms with van der Waals surface area (Å²) < 4.78 is 6.53. The third kappa shape index (κ3) is 2.21. The van der Waals surface area contributed by atoms with E-state index in [-0.39, 0.29) is 5.97 Å². The van der Waals surface area contributed by atoms with Gasteiger partial charge >= 0.3 is 5.97 Å². The Morgan fingerprint density at radius 3 is 2.94 bits per heavy atom. The van der Waals surface area contributed by atoms with Crippen molar-refractivity contribution >= 4 is 17.3 Å². The summed E-state index contributed by atoms with van der Waals surface area (Å²) in [5.74, 6) is -0.339. The lowest BCUT2D eigenvalue weighted by Gasteiger charge is -1.93. The molecule has 0 N–H and O–H groups in total. The van der Waals surface area contributed by atoms with Crippen LogP contribution < -0.4 is 0 Å². The molecule has 2 rings (SSSR count). The normalized spacial score (nSPS) is 10.5. The van der Waals surface area contributed by atoms with Crippen LogP contribution in [0.25, 0.3) is 10.6 Å². The molecule has 0 aliphatic rings. The zero-order chi connectivity index (χ0) is 12.4. The lowest BCUT2D eigenvalue weighted by molar-refractivity contribution is 0.0605. The van der Waals surface area contributed by atoms with Crippen LogP contribution in [0.2, 0.25) is 0 Å². The van der Waals surface area contributed by atoms with E-state index >= 15 is 0 Å². The van der Waals surface area contributed by atoms with Crippen LogP contribution in [0.1, 0.15) is 22.3 Å². The third-order valence-corrected chi connectivity index (χ3v) is 3.56. The molecule has 0 aliphatic heterocycles. The van der Waals surface area contributed by atoms with Crippen molar-refractivity contribution in [2.75, 3.05) is 7.11 Å². The smallest absolute Gasteiger partial charge is 0.349 e. The molecule has 0 amide bonds. The number of aryl methyl sites for hydroxylation is 2. The number of hydrogen-bond acceptors (Lipinski definition) is 5. The molecule has 5 nitrogen and oxygen atoms in total. The molecule has 6 heteroatoms. The standard InChI is InChI=1S/C11H13N3O2S/c1-4-14-6-8(5-12-14)10-13-7(2)9(17-10)11(15)16-3/h5-6H,4H2,1-3H3. The number of rotatable bonds is 3. The molecule has 2 aromatic heterocycles. The monoisotopic (exact) mass is 251 g/mol. The van der Waals surface area contributed by atoms with Gasteiger partial charge in [-0.05, 0) is 13.8 Å². The molecule has 2 heterocycles. The number of carbonyl (C=O) groups is 1. The van der Waals surface area contributed by atoms with Crippen molar-refractivity contribution in [1.82, 2.24) is 14.8 Å². The van der Waals surface area contributed by atoms with Crippen molar-refractivity contribution in [3.05, 3.63) is 23.0 Å². The third-order valence-electron chi connectivity index (χ3n) is 2.37. The first-order chi connectivity index (χ1) is 8.15. The highest BCUT2D eigenvalue weighted by molar-refractivity contribution is 7.17. The molecule has 0 aromatic carbocycles. The van der Waals surface area contributed by atoms with Gasteiger partial charge in [0.2, 0.25) is 0 Å². The maximum atomic E-state index is 11.5. The van der Waals surface area contributed by atoms with Crippen LogP contribution in [0.3, 0.4) is 0 Å². The SMILES string of the molecule is CCn1cc(-c2nc(C)c(C(=O)OC)s2)cn1. The van der Waals surface area contributed by atoms with Gasteiger partial charge in [0.1, 0.15) is 9.88 Å². The lowest BCUT2D eigenvalue weighted by atomic mass is 10.3. The van der Waals surface area contributed by atoms with Gasteiger partial charge in [-0.2, -0.15) is 5.10 Å². The molecule has 90 valence electrons. The predicted molar refractivity (Wildman–Crippen MR) is 65.1 cm³/mol. The Kier molecular flexibility index (Phi) is 3.23. The first-order valence-electron chi connectivity index (χ1n) is 5.24. The molecule has 0 radical (unpaired) electrons. The van der Waals surface area contributed by atoms with Crippen molar-refractivity contribution in [2.45, 2.75) is 20.4 Å². The van der Waals surface area contributed by atoms with E-state index < -0.39 is 0 Å². The number of hydrogen-bond donors (Lipinski definition) is 0. The molecule has 17 heavy (non-hydrogen) atoms. The second-order valence-corrected chi connectivity index (χ2v) is 4.51. The molecular formula is C11H13N3O2S. The van der Waals surface area contributed by atoms with Gasteiger partial charge in [-0.15, -0.1) is 11.3 Å². The highest BCUT2D eigenvalue weighted by Crippen LogP contribution is 2.27. The lowest BCUT2D eigenvalue weighted by Crippen LogP contribution is -1.99. The van der Waals surface area contributed by atoms with Crippen LogP contribution in [-0.4, -0.2) is 27.8 Å². The highest BCUT2D eigenvalue weighted by atomic mass is 32.1. The van der Waals surface area contributed by atoms with E-state index in [4.69, 9.17) is 4.74 Å². The largest absolute Gasteiger partial charge is 0.465 e. The summed E-state index contributed by atoms with van der Waals surface area (Å²) in [5.41, 5.74) is 1.62. The van der Waals surface area contributed by atoms with Gasteiger partial charge in [0.25, 0.3) is 0 Å². The Labute approximate surface area is 103 Å². The first-order valence-corrected chi connectivity index (χ1v) is 6.06. The number of nitrogens with zero attached hydrogens (tertiary/aromatic N) is 3. The van der Waals surface area contributed by atoms with Crippen molar-refractivity contribution in [2.24, 2.45) is 0 Å². The molecule has 0 atom stereocenters. The van der Waals surface area contributed by atoms with Gasteiger partial charge in [0.15, 0.2) is 0 Å². The summed E-state index contributed by atoms with van der Waals surface area (Å²) in [7, 11) is 1.37. The quantitative estimate of drug-likeness (QED) is 0.784. The van der Waals surface area contributed by atoms with Gasteiger partial charge in [-0.3, -0.25) is 4.68 Å². The van der Waals surface area contributed by atoms with Gasteiger partial charge in [-0.25, -0.2) is 9.78 Å². The van der Waals surface area contributed by atoms with Crippen LogP contribution in [0.5, 0.6) is 0 Å². The van der Waals surface area contributed by atoms with Gasteiger partial charge in [-0.1, -0.05) is 0 Å². The number of ether oxygens (including phenoxy) is 1. The van der Waals surface area contributed by atoms with Crippen LogP contribution >= 0.6 is 11.3 Å². The Hall–Kier alpha value is -1.69. The Balaban J connectivity index is 2.37. The summed E-state index contributed by atoms with van der Waals surface area (Å²) in [6.07, 6.45) is 3.67. The fourth-order valence-corrected chi connectivity index (χ4v) is 2.41. The molecule has 0 saturated heterocycles. The number of methoxy groups -OCH3 is 1. The minimum Gasteiger partial charge on any atom is -0.465 e. The molecule has 0 bridgehead atoms. The second-order valence-electron chi connectivity index (χ2n) is 3.51. The minimum atomic E-state index is -0.339. The second kappa shape index (κ2) is 4.67. The maximum Gasteiger partial charge on any atom is 0.349 e. The van der Waals surface area contributed by atoms with Gasteiger partial charge in [0.05, 0.1) is 19.0 Å². The van der Waals surface area contributed by atoms with Crippen LogP contribution in [0.15, 0.2) is 12.4 Å². The molecule has 0 spiro atoms. The number of carbonyl (C=O) groups excluding carboxylic acids is 1. The van der Waals surface area contributed by atoms with Gasteiger partial charge < -0.3 is 4.74 Å². The van der Waals surface area contributed by atoms with E-state index in [1.807, 2.05) is 17.8 Å². The summed E-state index contributed by atoms with van der Waals surface area (Å²) >= 11 is 1.33. The fourth-order valence-electron chi connectivity index (χ4n) is 1.45. The summed E-state index contributed by atoms with van der Waals surface area (Å²) in [4.78, 5) is 16.4. The number of thiazole rings is 1. The molecule has 2 aromatic rings. The summed E-state index contributed by atoms with van der Waals surface area (Å²) in [6.45, 7) is 4.63. The van der Waals surface area contributed by atoms with Crippen LogP contribution in [0.4, 0.5) is 0 Å². The Morgan fingerprint density at radius 2 is 2.35 bits per heavy atom. The minimum absolute atomic E-state index is 0.339. The molecular weight excluding hydrogens is 238 g/mol. The summed E-state index contributed by atoms with van der Waals surface area (Å²) in [6, 6.07) is 0. The van der Waals surface area contributed by atoms with E-state index in [9.17, 15) is 4.79 Å². The maximum absolute atomic E-state index is 11.5. The van der Waals surface area contributed by atoms with Crippen molar-refractivity contribution in [3.63, 3.8) is 0 Å². The average Bonchev–Trinajstić information content (AvgIpc) is 2.94. The van der Waals surface area contributed by atoms with Crippen molar-refractivity contribution < 1.29 is 9.53 Å². The first kappa shape index (κ1) is 11.8. The Bertz CT molecular complexity index is 545. The Morgan fingerprint density at radius 1 is 1.59 bits per heavy atom. The zero-order valence-electron chi connectivity index (χ0n) is 9.93. The van der Waals surface area contributed by atoms with E-state index in [1.54, 1.807) is 13.1 Å². The van der Waals surface area contributed by atoms with Crippen molar-refractivity contribution in [3.8, 4) is 10.6 Å². The van der Waals surface area contributed by atoms with E-state index in [0.29, 0.717) is 10.6 Å². The highest BCUT2D eigenvalue weighted by Gasteiger charge is 2.17. The topological polar surface area (TPSA) is 57.0 Å². The van der Waals surface area contributed by atoms with E-state index in [0.717, 1.165) is 17.1 Å². The van der Waals surface area contributed by atoms with E-state index in [1.165, 1.54) is 18.4 Å². The molecule has 0 unspecified atom stereocenters. The van der Waals surface area contributed by atoms with Crippen LogP contribution in [-0.2, 0) is 11.3 Å². The molecule has 0 fully saturated rings. The molecule has 0 aliphatic carbocycles. The number of esters is 1. The number of aromatic nitrogens is 3. The predicted octanol–water partition coefficient (Wildman–Crippen LogP) is 2.12.